The average molecular weight is 411 g/mol. The summed E-state index contributed by atoms with van der Waals surface area (Å²) in [5, 5.41) is 7.07. The van der Waals surface area contributed by atoms with Crippen LogP contribution in [0.15, 0.2) is 58.0 Å². The van der Waals surface area contributed by atoms with E-state index in [9.17, 15) is 4.79 Å². The van der Waals surface area contributed by atoms with Crippen LogP contribution in [-0.4, -0.2) is 9.97 Å². The molecule has 3 heterocycles. The van der Waals surface area contributed by atoms with Crippen molar-refractivity contribution in [1.29, 1.82) is 0 Å². The molecule has 144 valence electrons. The molecule has 0 aliphatic heterocycles. The number of aromatic nitrogens is 2. The Labute approximate surface area is 172 Å². The summed E-state index contributed by atoms with van der Waals surface area (Å²) < 4.78 is 0. The molecule has 3 N–H and O–H groups in total. The molecule has 1 aromatic carbocycles. The van der Waals surface area contributed by atoms with Crippen LogP contribution in [0, 0.1) is 5.92 Å². The van der Waals surface area contributed by atoms with Gasteiger partial charge in [0.05, 0.1) is 5.39 Å². The zero-order chi connectivity index (χ0) is 19.7. The molecule has 0 spiro atoms. The molecule has 4 nitrogen and oxygen atoms in total. The minimum Gasteiger partial charge on any atom is -0.331 e. The van der Waals surface area contributed by atoms with E-state index in [-0.39, 0.29) is 11.6 Å². The number of benzene rings is 1. The molecular weight excluding hydrogens is 386 g/mol. The predicted molar refractivity (Wildman–Crippen MR) is 118 cm³/mol. The zero-order valence-corrected chi connectivity index (χ0v) is 17.8. The van der Waals surface area contributed by atoms with E-state index in [0.717, 1.165) is 21.1 Å². The van der Waals surface area contributed by atoms with Gasteiger partial charge in [0, 0.05) is 27.3 Å². The molecule has 0 bridgehead atoms. The summed E-state index contributed by atoms with van der Waals surface area (Å²) in [4.78, 5) is 22.6. The highest BCUT2D eigenvalue weighted by atomic mass is 32.1. The normalized spacial score (nSPS) is 13.9. The molecule has 0 amide bonds. The molecule has 0 unspecified atom stereocenters. The summed E-state index contributed by atoms with van der Waals surface area (Å²) >= 11 is 3.19. The van der Waals surface area contributed by atoms with Crippen molar-refractivity contribution in [2.75, 3.05) is 0 Å². The van der Waals surface area contributed by atoms with E-state index in [1.165, 1.54) is 5.56 Å². The first-order chi connectivity index (χ1) is 13.5. The van der Waals surface area contributed by atoms with Crippen LogP contribution in [-0.2, 0) is 0 Å². The molecule has 0 fully saturated rings. The summed E-state index contributed by atoms with van der Waals surface area (Å²) in [6.45, 7) is 6.57. The molecular formula is C22H24N3OS2+. The second-order valence-corrected chi connectivity index (χ2v) is 9.23. The van der Waals surface area contributed by atoms with Gasteiger partial charge in [-0.15, -0.1) is 22.7 Å². The summed E-state index contributed by atoms with van der Waals surface area (Å²) in [5.74, 6) is 1.20. The molecule has 28 heavy (non-hydrogen) atoms. The maximum absolute atomic E-state index is 12.9. The van der Waals surface area contributed by atoms with Gasteiger partial charge < -0.3 is 10.3 Å². The minimum absolute atomic E-state index is 0.0503. The lowest BCUT2D eigenvalue weighted by Crippen LogP contribution is -2.87. The third-order valence-corrected chi connectivity index (χ3v) is 6.85. The minimum atomic E-state index is -0.0503. The second kappa shape index (κ2) is 7.99. The van der Waals surface area contributed by atoms with Gasteiger partial charge in [-0.1, -0.05) is 50.2 Å². The molecule has 4 rings (SSSR count). The quantitative estimate of drug-likeness (QED) is 0.482. The van der Waals surface area contributed by atoms with Crippen LogP contribution in [0.1, 0.15) is 44.2 Å². The lowest BCUT2D eigenvalue weighted by atomic mass is 9.95. The van der Waals surface area contributed by atoms with Crippen molar-refractivity contribution in [1.82, 2.24) is 9.97 Å². The Morgan fingerprint density at radius 3 is 2.50 bits per heavy atom. The number of nitrogens with zero attached hydrogens (tertiary/aromatic N) is 1. The standard InChI is InChI=1S/C22H23N3OS2/c1-13(2)19(15-8-5-4-6-9-15)23-14(3)20-24-21(26)18-16(12-28-22(18)25-20)17-10-7-11-27-17/h4-14,19,23H,1-3H3,(H,24,25,26)/p+1/t14-,19+/m0/s1. The molecule has 6 heteroatoms. The fraction of sp³-hybridized carbons (Fsp3) is 0.273. The third kappa shape index (κ3) is 3.68. The Hall–Kier alpha value is -2.28. The van der Waals surface area contributed by atoms with Gasteiger partial charge in [-0.2, -0.15) is 0 Å². The van der Waals surface area contributed by atoms with Crippen molar-refractivity contribution >= 4 is 32.9 Å². The van der Waals surface area contributed by atoms with Crippen LogP contribution in [0.3, 0.4) is 0 Å². The summed E-state index contributed by atoms with van der Waals surface area (Å²) in [7, 11) is 0. The summed E-state index contributed by atoms with van der Waals surface area (Å²) in [6.07, 6.45) is 0. The van der Waals surface area contributed by atoms with Crippen LogP contribution in [0.2, 0.25) is 0 Å². The van der Waals surface area contributed by atoms with Gasteiger partial charge in [0.25, 0.3) is 5.56 Å². The maximum Gasteiger partial charge on any atom is 0.260 e. The SMILES string of the molecule is CC(C)[C@@H]([NH2+][C@@H](C)c1nc2scc(-c3cccs3)c2c(=O)[nH]1)c1ccccc1. The van der Waals surface area contributed by atoms with E-state index in [0.29, 0.717) is 17.3 Å². The highest BCUT2D eigenvalue weighted by Crippen LogP contribution is 2.33. The molecule has 0 saturated heterocycles. The third-order valence-electron chi connectivity index (χ3n) is 5.08. The van der Waals surface area contributed by atoms with E-state index >= 15 is 0 Å². The van der Waals surface area contributed by atoms with Gasteiger partial charge in [0.1, 0.15) is 16.9 Å². The Morgan fingerprint density at radius 2 is 1.82 bits per heavy atom. The van der Waals surface area contributed by atoms with Crippen molar-refractivity contribution in [2.24, 2.45) is 5.92 Å². The van der Waals surface area contributed by atoms with Crippen molar-refractivity contribution < 1.29 is 5.32 Å². The Bertz CT molecular complexity index is 1110. The van der Waals surface area contributed by atoms with Crippen molar-refractivity contribution in [2.45, 2.75) is 32.9 Å². The van der Waals surface area contributed by atoms with Crippen LogP contribution in [0.5, 0.6) is 0 Å². The number of hydrogen-bond acceptors (Lipinski definition) is 4. The van der Waals surface area contributed by atoms with Crippen LogP contribution >= 0.6 is 22.7 Å². The van der Waals surface area contributed by atoms with E-state index in [4.69, 9.17) is 4.98 Å². The van der Waals surface area contributed by atoms with Crippen LogP contribution in [0.25, 0.3) is 20.7 Å². The van der Waals surface area contributed by atoms with Crippen molar-refractivity contribution in [3.8, 4) is 10.4 Å². The molecule has 4 aromatic rings. The topological polar surface area (TPSA) is 62.4 Å². The first kappa shape index (κ1) is 19.1. The average Bonchev–Trinajstić information content (AvgIpc) is 3.35. The molecule has 0 radical (unpaired) electrons. The van der Waals surface area contributed by atoms with E-state index in [1.54, 1.807) is 22.7 Å². The van der Waals surface area contributed by atoms with E-state index in [1.807, 2.05) is 29.0 Å². The number of nitrogens with two attached hydrogens (primary N) is 1. The number of rotatable bonds is 6. The number of aromatic amines is 1. The largest absolute Gasteiger partial charge is 0.331 e. The van der Waals surface area contributed by atoms with E-state index in [2.05, 4.69) is 55.3 Å². The predicted octanol–water partition coefficient (Wildman–Crippen LogP) is 4.73. The molecule has 0 aliphatic rings. The van der Waals surface area contributed by atoms with Crippen LogP contribution < -0.4 is 10.9 Å². The molecule has 0 saturated carbocycles. The van der Waals surface area contributed by atoms with Crippen molar-refractivity contribution in [3.63, 3.8) is 0 Å². The number of hydrogen-bond donors (Lipinski definition) is 2. The zero-order valence-electron chi connectivity index (χ0n) is 16.2. The lowest BCUT2D eigenvalue weighted by Gasteiger charge is -2.23. The molecule has 3 aromatic heterocycles. The van der Waals surface area contributed by atoms with Gasteiger partial charge in [0.2, 0.25) is 0 Å². The van der Waals surface area contributed by atoms with Gasteiger partial charge in [-0.25, -0.2) is 4.98 Å². The summed E-state index contributed by atoms with van der Waals surface area (Å²) in [5.41, 5.74) is 2.23. The van der Waals surface area contributed by atoms with Gasteiger partial charge >= 0.3 is 0 Å². The number of thiophene rings is 2. The number of H-pyrrole nitrogens is 1. The van der Waals surface area contributed by atoms with Crippen molar-refractivity contribution in [3.05, 3.63) is 75.0 Å². The fourth-order valence-electron chi connectivity index (χ4n) is 3.59. The first-order valence-corrected chi connectivity index (χ1v) is 11.3. The highest BCUT2D eigenvalue weighted by molar-refractivity contribution is 7.18. The Kier molecular flexibility index (Phi) is 5.44. The molecule has 2 atom stereocenters. The van der Waals surface area contributed by atoms with Gasteiger partial charge in [0.15, 0.2) is 5.82 Å². The van der Waals surface area contributed by atoms with Gasteiger partial charge in [-0.3, -0.25) is 4.79 Å². The number of nitrogens with one attached hydrogen (secondary N) is 1. The lowest BCUT2D eigenvalue weighted by molar-refractivity contribution is -0.738. The summed E-state index contributed by atoms with van der Waals surface area (Å²) in [6, 6.07) is 14.9. The maximum atomic E-state index is 12.9. The molecule has 0 aliphatic carbocycles. The van der Waals surface area contributed by atoms with E-state index < -0.39 is 0 Å². The smallest absolute Gasteiger partial charge is 0.260 e. The Balaban J connectivity index is 1.66. The monoisotopic (exact) mass is 410 g/mol. The second-order valence-electron chi connectivity index (χ2n) is 7.42. The number of quaternary nitrogens is 1. The Morgan fingerprint density at radius 1 is 1.04 bits per heavy atom. The highest BCUT2D eigenvalue weighted by Gasteiger charge is 2.25. The fourth-order valence-corrected chi connectivity index (χ4v) is 5.36. The van der Waals surface area contributed by atoms with Crippen LogP contribution in [0.4, 0.5) is 0 Å². The first-order valence-electron chi connectivity index (χ1n) is 9.50. The number of fused-ring (bicyclic) bond motifs is 1. The van der Waals surface area contributed by atoms with Gasteiger partial charge in [-0.05, 0) is 18.4 Å².